The van der Waals surface area contributed by atoms with Gasteiger partial charge in [0.2, 0.25) is 15.9 Å². The molecule has 3 N–H and O–H groups in total. The number of aromatic nitrogens is 1. The predicted molar refractivity (Wildman–Crippen MR) is 103 cm³/mol. The Morgan fingerprint density at radius 1 is 1.19 bits per heavy atom. The van der Waals surface area contributed by atoms with Crippen LogP contribution in [0.3, 0.4) is 0 Å². The summed E-state index contributed by atoms with van der Waals surface area (Å²) in [5.74, 6) is -0.695. The lowest BCUT2D eigenvalue weighted by Gasteiger charge is -2.34. The van der Waals surface area contributed by atoms with Gasteiger partial charge in [0, 0.05) is 42.8 Å². The van der Waals surface area contributed by atoms with E-state index in [1.54, 1.807) is 42.6 Å². The molecular weight excluding hydrogens is 368 g/mol. The molecule has 8 nitrogen and oxygen atoms in total. The average molecular weight is 390 g/mol. The van der Waals surface area contributed by atoms with Crippen LogP contribution >= 0.6 is 0 Å². The third-order valence-corrected chi connectivity index (χ3v) is 5.93. The smallest absolute Gasteiger partial charge is 0.255 e. The first-order valence-corrected chi connectivity index (χ1v) is 10.4. The van der Waals surface area contributed by atoms with Gasteiger partial charge in [-0.3, -0.25) is 14.2 Å². The van der Waals surface area contributed by atoms with E-state index in [-0.39, 0.29) is 24.6 Å². The quantitative estimate of drug-likeness (QED) is 0.784. The van der Waals surface area contributed by atoms with Gasteiger partial charge in [0.1, 0.15) is 0 Å². The van der Waals surface area contributed by atoms with Crippen LogP contribution in [0.2, 0.25) is 0 Å². The second-order valence-corrected chi connectivity index (χ2v) is 8.61. The summed E-state index contributed by atoms with van der Waals surface area (Å²) in [5, 5.41) is 2.81. The molecule has 1 fully saturated rings. The summed E-state index contributed by atoms with van der Waals surface area (Å²) in [7, 11) is -3.31. The summed E-state index contributed by atoms with van der Waals surface area (Å²) in [4.78, 5) is 24.4. The predicted octanol–water partition coefficient (Wildman–Crippen LogP) is 0.385. The van der Waals surface area contributed by atoms with Crippen molar-refractivity contribution < 1.29 is 13.2 Å². The Labute approximate surface area is 157 Å². The minimum atomic E-state index is -3.31. The van der Waals surface area contributed by atoms with Crippen LogP contribution < -0.4 is 16.6 Å². The molecule has 1 aliphatic heterocycles. The zero-order valence-electron chi connectivity index (χ0n) is 14.9. The Kier molecular flexibility index (Phi) is 5.45. The second-order valence-electron chi connectivity index (χ2n) is 6.63. The van der Waals surface area contributed by atoms with E-state index in [1.807, 2.05) is 0 Å². The SMILES string of the molecule is CS(=O)(=O)N1CCC(C(=O)Nc2ccc(-n3ccccc3=O)cc2)C(N)C1. The number of nitrogens with zero attached hydrogens (tertiary/aromatic N) is 2. The van der Waals surface area contributed by atoms with Crippen LogP contribution in [0, 0.1) is 5.92 Å². The van der Waals surface area contributed by atoms with E-state index in [0.717, 1.165) is 6.26 Å². The first-order chi connectivity index (χ1) is 12.8. The number of pyridine rings is 1. The number of carbonyl (C=O) groups is 1. The summed E-state index contributed by atoms with van der Waals surface area (Å²) in [6.45, 7) is 0.410. The highest BCUT2D eigenvalue weighted by atomic mass is 32.2. The molecular formula is C18H22N4O4S. The number of sulfonamides is 1. The van der Waals surface area contributed by atoms with E-state index < -0.39 is 22.0 Å². The van der Waals surface area contributed by atoms with E-state index in [1.165, 1.54) is 14.9 Å². The van der Waals surface area contributed by atoms with Crippen molar-refractivity contribution in [3.63, 3.8) is 0 Å². The number of carbonyl (C=O) groups excluding carboxylic acids is 1. The number of nitrogens with one attached hydrogen (secondary N) is 1. The van der Waals surface area contributed by atoms with Gasteiger partial charge in [0.05, 0.1) is 12.2 Å². The fourth-order valence-corrected chi connectivity index (χ4v) is 4.04. The van der Waals surface area contributed by atoms with Crippen molar-refractivity contribution in [1.29, 1.82) is 0 Å². The third-order valence-electron chi connectivity index (χ3n) is 4.66. The van der Waals surface area contributed by atoms with Crippen LogP contribution in [-0.2, 0) is 14.8 Å². The summed E-state index contributed by atoms with van der Waals surface area (Å²) < 4.78 is 26.0. The van der Waals surface area contributed by atoms with Crippen LogP contribution in [0.15, 0.2) is 53.5 Å². The van der Waals surface area contributed by atoms with Crippen LogP contribution in [0.1, 0.15) is 6.42 Å². The Balaban J connectivity index is 1.66. The molecule has 0 aliphatic carbocycles. The maximum atomic E-state index is 12.5. The Morgan fingerprint density at radius 3 is 2.48 bits per heavy atom. The first-order valence-electron chi connectivity index (χ1n) is 8.55. The lowest BCUT2D eigenvalue weighted by Crippen LogP contribution is -2.53. The molecule has 27 heavy (non-hydrogen) atoms. The Bertz CT molecular complexity index is 985. The number of rotatable bonds is 4. The van der Waals surface area contributed by atoms with E-state index in [9.17, 15) is 18.0 Å². The van der Waals surface area contributed by atoms with E-state index in [0.29, 0.717) is 17.8 Å². The fraction of sp³-hybridized carbons (Fsp3) is 0.333. The van der Waals surface area contributed by atoms with Gasteiger partial charge in [-0.05, 0) is 36.8 Å². The van der Waals surface area contributed by atoms with Gasteiger partial charge in [-0.15, -0.1) is 0 Å². The van der Waals surface area contributed by atoms with Crippen molar-refractivity contribution in [3.8, 4) is 5.69 Å². The average Bonchev–Trinajstić information content (AvgIpc) is 2.62. The highest BCUT2D eigenvalue weighted by Gasteiger charge is 2.34. The third kappa shape index (κ3) is 4.44. The van der Waals surface area contributed by atoms with Gasteiger partial charge in [0.25, 0.3) is 5.56 Å². The molecule has 2 unspecified atom stereocenters. The van der Waals surface area contributed by atoms with Gasteiger partial charge in [0.15, 0.2) is 0 Å². The number of hydrogen-bond donors (Lipinski definition) is 2. The van der Waals surface area contributed by atoms with Gasteiger partial charge < -0.3 is 11.1 Å². The summed E-state index contributed by atoms with van der Waals surface area (Å²) in [5.41, 5.74) is 7.17. The molecule has 1 aromatic heterocycles. The maximum absolute atomic E-state index is 12.5. The molecule has 1 aromatic carbocycles. The van der Waals surface area contributed by atoms with Crippen LogP contribution in [0.4, 0.5) is 5.69 Å². The molecule has 1 amide bonds. The number of amides is 1. The number of anilines is 1. The largest absolute Gasteiger partial charge is 0.326 e. The second kappa shape index (κ2) is 7.63. The normalized spacial score (nSPS) is 21.0. The number of benzene rings is 1. The number of hydrogen-bond acceptors (Lipinski definition) is 5. The molecule has 3 rings (SSSR count). The molecule has 0 saturated carbocycles. The summed E-state index contributed by atoms with van der Waals surface area (Å²) in [6.07, 6.45) is 3.18. The molecule has 2 aromatic rings. The fourth-order valence-electron chi connectivity index (χ4n) is 3.16. The van der Waals surface area contributed by atoms with Crippen molar-refractivity contribution in [1.82, 2.24) is 8.87 Å². The summed E-state index contributed by atoms with van der Waals surface area (Å²) in [6, 6.07) is 11.3. The number of piperidine rings is 1. The monoisotopic (exact) mass is 390 g/mol. The molecule has 2 heterocycles. The Hall–Kier alpha value is -2.49. The zero-order valence-corrected chi connectivity index (χ0v) is 15.7. The summed E-state index contributed by atoms with van der Waals surface area (Å²) >= 11 is 0. The van der Waals surface area contributed by atoms with Crippen molar-refractivity contribution in [3.05, 3.63) is 59.0 Å². The topological polar surface area (TPSA) is 114 Å². The van der Waals surface area contributed by atoms with Crippen molar-refractivity contribution >= 4 is 21.6 Å². The maximum Gasteiger partial charge on any atom is 0.255 e. The van der Waals surface area contributed by atoms with Gasteiger partial charge in [-0.1, -0.05) is 6.07 Å². The minimum Gasteiger partial charge on any atom is -0.326 e. The molecule has 9 heteroatoms. The van der Waals surface area contributed by atoms with E-state index >= 15 is 0 Å². The molecule has 2 atom stereocenters. The van der Waals surface area contributed by atoms with Gasteiger partial charge in [-0.2, -0.15) is 0 Å². The zero-order chi connectivity index (χ0) is 19.6. The first kappa shape index (κ1) is 19.3. The van der Waals surface area contributed by atoms with Gasteiger partial charge in [-0.25, -0.2) is 12.7 Å². The van der Waals surface area contributed by atoms with Crippen molar-refractivity contribution in [2.75, 3.05) is 24.7 Å². The molecule has 0 bridgehead atoms. The van der Waals surface area contributed by atoms with Crippen molar-refractivity contribution in [2.24, 2.45) is 11.7 Å². The van der Waals surface area contributed by atoms with E-state index in [2.05, 4.69) is 5.32 Å². The molecule has 144 valence electrons. The minimum absolute atomic E-state index is 0.132. The van der Waals surface area contributed by atoms with Crippen LogP contribution in [-0.4, -0.2) is 48.6 Å². The highest BCUT2D eigenvalue weighted by molar-refractivity contribution is 7.88. The van der Waals surface area contributed by atoms with Crippen LogP contribution in [0.25, 0.3) is 5.69 Å². The Morgan fingerprint density at radius 2 is 1.89 bits per heavy atom. The molecule has 1 saturated heterocycles. The van der Waals surface area contributed by atoms with E-state index in [4.69, 9.17) is 5.73 Å². The lowest BCUT2D eigenvalue weighted by molar-refractivity contribution is -0.121. The molecule has 0 spiro atoms. The number of nitrogens with two attached hydrogens (primary N) is 1. The van der Waals surface area contributed by atoms with Gasteiger partial charge >= 0.3 is 0 Å². The van der Waals surface area contributed by atoms with Crippen molar-refractivity contribution in [2.45, 2.75) is 12.5 Å². The highest BCUT2D eigenvalue weighted by Crippen LogP contribution is 2.21. The molecule has 1 aliphatic rings. The van der Waals surface area contributed by atoms with Crippen LogP contribution in [0.5, 0.6) is 0 Å². The lowest BCUT2D eigenvalue weighted by atomic mass is 9.92. The molecule has 0 radical (unpaired) electrons. The standard InChI is InChI=1S/C18H22N4O4S/c1-27(25,26)21-11-9-15(16(19)12-21)18(24)20-13-5-7-14(8-6-13)22-10-3-2-4-17(22)23/h2-8,10,15-16H,9,11-12,19H2,1H3,(H,20,24).